The molecule has 1 saturated heterocycles. The van der Waals surface area contributed by atoms with Crippen LogP contribution in [0.1, 0.15) is 19.4 Å². The molecule has 5 nitrogen and oxygen atoms in total. The van der Waals surface area contributed by atoms with Gasteiger partial charge in [0.2, 0.25) is 0 Å². The summed E-state index contributed by atoms with van der Waals surface area (Å²) in [7, 11) is 0. The van der Waals surface area contributed by atoms with Crippen molar-refractivity contribution in [2.45, 2.75) is 25.9 Å². The van der Waals surface area contributed by atoms with Crippen LogP contribution in [-0.2, 0) is 6.54 Å². The lowest BCUT2D eigenvalue weighted by molar-refractivity contribution is -0.385. The maximum Gasteiger partial charge on any atom is 0.272 e. The second kappa shape index (κ2) is 5.22. The molecule has 0 aliphatic carbocycles. The maximum atomic E-state index is 13.4. The van der Waals surface area contributed by atoms with E-state index < -0.39 is 10.7 Å². The highest BCUT2D eigenvalue weighted by molar-refractivity contribution is 5.35. The third-order valence-corrected chi connectivity index (χ3v) is 3.50. The summed E-state index contributed by atoms with van der Waals surface area (Å²) in [5, 5.41) is 14.0. The van der Waals surface area contributed by atoms with E-state index in [-0.39, 0.29) is 11.2 Å². The lowest BCUT2D eigenvalue weighted by Crippen LogP contribution is -2.57. The molecule has 0 unspecified atom stereocenters. The molecule has 1 heterocycles. The largest absolute Gasteiger partial charge is 0.314 e. The van der Waals surface area contributed by atoms with Crippen molar-refractivity contribution < 1.29 is 9.31 Å². The Bertz CT molecular complexity index is 491. The van der Waals surface area contributed by atoms with Gasteiger partial charge in [0, 0.05) is 37.8 Å². The fourth-order valence-electron chi connectivity index (χ4n) is 2.37. The fourth-order valence-corrected chi connectivity index (χ4v) is 2.37. The van der Waals surface area contributed by atoms with Crippen LogP contribution in [0.4, 0.5) is 10.1 Å². The summed E-state index contributed by atoms with van der Waals surface area (Å²) in [6.07, 6.45) is 0. The monoisotopic (exact) mass is 267 g/mol. The topological polar surface area (TPSA) is 58.4 Å². The lowest BCUT2D eigenvalue weighted by atomic mass is 9.99. The molecule has 19 heavy (non-hydrogen) atoms. The number of hydrogen-bond donors (Lipinski definition) is 1. The van der Waals surface area contributed by atoms with E-state index in [0.717, 1.165) is 25.7 Å². The third-order valence-electron chi connectivity index (χ3n) is 3.50. The summed E-state index contributed by atoms with van der Waals surface area (Å²) < 4.78 is 13.4. The van der Waals surface area contributed by atoms with Gasteiger partial charge >= 0.3 is 0 Å². The predicted molar refractivity (Wildman–Crippen MR) is 70.4 cm³/mol. The highest BCUT2D eigenvalue weighted by atomic mass is 19.1. The highest BCUT2D eigenvalue weighted by Crippen LogP contribution is 2.22. The zero-order valence-corrected chi connectivity index (χ0v) is 11.1. The van der Waals surface area contributed by atoms with E-state index >= 15 is 0 Å². The Balaban J connectivity index is 2.20. The molecule has 1 aliphatic heterocycles. The number of nitrogens with zero attached hydrogens (tertiary/aromatic N) is 2. The molecule has 0 saturated carbocycles. The van der Waals surface area contributed by atoms with E-state index in [9.17, 15) is 14.5 Å². The van der Waals surface area contributed by atoms with Crippen LogP contribution in [0.25, 0.3) is 0 Å². The molecular weight excluding hydrogens is 249 g/mol. The predicted octanol–water partition coefficient (Wildman–Crippen LogP) is 1.92. The Hall–Kier alpha value is -1.53. The van der Waals surface area contributed by atoms with Gasteiger partial charge < -0.3 is 5.32 Å². The summed E-state index contributed by atoms with van der Waals surface area (Å²) in [6.45, 7) is 7.30. The molecule has 0 amide bonds. The minimum atomic E-state index is -0.560. The number of hydrogen-bond acceptors (Lipinski definition) is 4. The van der Waals surface area contributed by atoms with Gasteiger partial charge in [-0.1, -0.05) is 0 Å². The van der Waals surface area contributed by atoms with Gasteiger partial charge in [-0.25, -0.2) is 4.39 Å². The van der Waals surface area contributed by atoms with Crippen molar-refractivity contribution in [2.24, 2.45) is 0 Å². The maximum absolute atomic E-state index is 13.4. The number of rotatable bonds is 3. The number of nitrogens with one attached hydrogen (secondary N) is 1. The van der Waals surface area contributed by atoms with Crippen LogP contribution >= 0.6 is 0 Å². The first-order valence-electron chi connectivity index (χ1n) is 6.28. The van der Waals surface area contributed by atoms with E-state index in [0.29, 0.717) is 12.1 Å². The number of nitro groups is 1. The molecule has 6 heteroatoms. The molecule has 0 aromatic heterocycles. The van der Waals surface area contributed by atoms with E-state index in [1.807, 2.05) is 0 Å². The van der Waals surface area contributed by atoms with Gasteiger partial charge in [-0.2, -0.15) is 0 Å². The van der Waals surface area contributed by atoms with E-state index in [1.165, 1.54) is 12.1 Å². The Morgan fingerprint density at radius 2 is 2.21 bits per heavy atom. The van der Waals surface area contributed by atoms with Crippen molar-refractivity contribution in [3.8, 4) is 0 Å². The molecule has 104 valence electrons. The first kappa shape index (κ1) is 13.9. The summed E-state index contributed by atoms with van der Waals surface area (Å²) in [6, 6.07) is 3.76. The second-order valence-corrected chi connectivity index (χ2v) is 5.49. The summed E-state index contributed by atoms with van der Waals surface area (Å²) in [5.41, 5.74) is 0.406. The van der Waals surface area contributed by atoms with Crippen molar-refractivity contribution in [3.05, 3.63) is 39.7 Å². The number of halogens is 1. The number of piperazine rings is 1. The standard InChI is InChI=1S/C13H18FN3O2/c1-13(2)9-15-3-4-16(13)8-10-5-11(14)7-12(6-10)17(18)19/h5-7,15H,3-4,8-9H2,1-2H3. The van der Waals surface area contributed by atoms with Crippen molar-refractivity contribution in [1.82, 2.24) is 10.2 Å². The molecule has 0 radical (unpaired) electrons. The van der Waals surface area contributed by atoms with E-state index in [2.05, 4.69) is 24.1 Å². The number of benzene rings is 1. The lowest BCUT2D eigenvalue weighted by Gasteiger charge is -2.42. The first-order chi connectivity index (χ1) is 8.88. The van der Waals surface area contributed by atoms with Crippen LogP contribution < -0.4 is 5.32 Å². The van der Waals surface area contributed by atoms with E-state index in [1.54, 1.807) is 0 Å². The summed E-state index contributed by atoms with van der Waals surface area (Å²) in [4.78, 5) is 12.4. The van der Waals surface area contributed by atoms with Gasteiger partial charge in [-0.3, -0.25) is 15.0 Å². The molecule has 1 aromatic carbocycles. The average Bonchev–Trinajstić information content (AvgIpc) is 2.31. The quantitative estimate of drug-likeness (QED) is 0.671. The number of nitro benzene ring substituents is 1. The van der Waals surface area contributed by atoms with Crippen molar-refractivity contribution in [2.75, 3.05) is 19.6 Å². The minimum Gasteiger partial charge on any atom is -0.314 e. The molecule has 1 aliphatic rings. The smallest absolute Gasteiger partial charge is 0.272 e. The molecule has 2 rings (SSSR count). The summed E-state index contributed by atoms with van der Waals surface area (Å²) >= 11 is 0. The van der Waals surface area contributed by atoms with Gasteiger partial charge in [0.15, 0.2) is 0 Å². The van der Waals surface area contributed by atoms with Crippen molar-refractivity contribution >= 4 is 5.69 Å². The molecule has 1 aromatic rings. The molecule has 1 fully saturated rings. The highest BCUT2D eigenvalue weighted by Gasteiger charge is 2.29. The zero-order chi connectivity index (χ0) is 14.0. The Labute approximate surface area is 111 Å². The van der Waals surface area contributed by atoms with Crippen LogP contribution in [0, 0.1) is 15.9 Å². The Kier molecular flexibility index (Phi) is 3.82. The van der Waals surface area contributed by atoms with E-state index in [4.69, 9.17) is 0 Å². The van der Waals surface area contributed by atoms with Crippen LogP contribution in [0.3, 0.4) is 0 Å². The Morgan fingerprint density at radius 1 is 1.47 bits per heavy atom. The SMILES string of the molecule is CC1(C)CNCCN1Cc1cc(F)cc([N+](=O)[O-])c1. The first-order valence-corrected chi connectivity index (χ1v) is 6.28. The van der Waals surface area contributed by atoms with Crippen LogP contribution in [0.2, 0.25) is 0 Å². The van der Waals surface area contributed by atoms with Crippen molar-refractivity contribution in [3.63, 3.8) is 0 Å². The normalized spacial score (nSPS) is 19.3. The molecule has 1 N–H and O–H groups in total. The molecule has 0 spiro atoms. The van der Waals surface area contributed by atoms with Crippen LogP contribution in [0.15, 0.2) is 18.2 Å². The third kappa shape index (κ3) is 3.27. The zero-order valence-electron chi connectivity index (χ0n) is 11.1. The van der Waals surface area contributed by atoms with Gasteiger partial charge in [0.1, 0.15) is 5.82 Å². The molecule has 0 atom stereocenters. The van der Waals surface area contributed by atoms with Crippen LogP contribution in [0.5, 0.6) is 0 Å². The molecular formula is C13H18FN3O2. The van der Waals surface area contributed by atoms with Gasteiger partial charge in [-0.15, -0.1) is 0 Å². The Morgan fingerprint density at radius 3 is 2.84 bits per heavy atom. The number of non-ortho nitro benzene ring substituents is 1. The summed E-state index contributed by atoms with van der Waals surface area (Å²) in [5.74, 6) is -0.558. The van der Waals surface area contributed by atoms with Gasteiger partial charge in [0.05, 0.1) is 11.0 Å². The van der Waals surface area contributed by atoms with Crippen LogP contribution in [-0.4, -0.2) is 35.0 Å². The molecule has 0 bridgehead atoms. The fraction of sp³-hybridized carbons (Fsp3) is 0.538. The second-order valence-electron chi connectivity index (χ2n) is 5.49. The van der Waals surface area contributed by atoms with Crippen molar-refractivity contribution in [1.29, 1.82) is 0 Å². The average molecular weight is 267 g/mol. The van der Waals surface area contributed by atoms with Gasteiger partial charge in [0.25, 0.3) is 5.69 Å². The minimum absolute atomic E-state index is 0.0423. The van der Waals surface area contributed by atoms with Gasteiger partial charge in [-0.05, 0) is 25.5 Å².